The number of rotatable bonds is 4. The number of fused-ring (bicyclic) bond motifs is 7. The van der Waals surface area contributed by atoms with Gasteiger partial charge in [0.15, 0.2) is 0 Å². The van der Waals surface area contributed by atoms with Crippen molar-refractivity contribution < 1.29 is 0 Å². The summed E-state index contributed by atoms with van der Waals surface area (Å²) < 4.78 is 0. The van der Waals surface area contributed by atoms with Crippen LogP contribution in [0.4, 0.5) is 0 Å². The van der Waals surface area contributed by atoms with Crippen LogP contribution in [0.15, 0.2) is 170 Å². The molecule has 2 heteroatoms. The highest BCUT2D eigenvalue weighted by molar-refractivity contribution is 6.37. The van der Waals surface area contributed by atoms with E-state index in [1.807, 2.05) is 24.5 Å². The summed E-state index contributed by atoms with van der Waals surface area (Å²) in [5.41, 5.74) is 9.07. The fraction of sp³-hybridized carbons (Fsp3) is 0. The summed E-state index contributed by atoms with van der Waals surface area (Å²) in [6.07, 6.45) is 3.73. The topological polar surface area (TPSA) is 25.8 Å². The van der Waals surface area contributed by atoms with Crippen LogP contribution in [0.3, 0.4) is 0 Å². The van der Waals surface area contributed by atoms with Crippen molar-refractivity contribution in [2.75, 3.05) is 0 Å². The van der Waals surface area contributed by atoms with Gasteiger partial charge in [-0.15, -0.1) is 0 Å². The van der Waals surface area contributed by atoms with Crippen LogP contribution < -0.4 is 0 Å². The number of benzene rings is 7. The van der Waals surface area contributed by atoms with Gasteiger partial charge in [-0.25, -0.2) is 0 Å². The van der Waals surface area contributed by atoms with Gasteiger partial charge >= 0.3 is 0 Å². The standard InChI is InChI=1S/C44H28N2/c1-3-13-29(14-4-1)41-33-17-7-8-18-34(33)42(30-15-5-2-6-16-30)44-36-24-22-32(40-20-10-12-26-46-40)28-38(36)37-27-31(21-23-35(37)43(41)44)39-19-9-11-25-45-39/h1-28H. The molecule has 214 valence electrons. The number of hydrogen-bond acceptors (Lipinski definition) is 2. The smallest absolute Gasteiger partial charge is 0.0702 e. The molecule has 0 saturated carbocycles. The average molecular weight is 585 g/mol. The first kappa shape index (κ1) is 26.3. The van der Waals surface area contributed by atoms with Crippen LogP contribution in [0.2, 0.25) is 0 Å². The van der Waals surface area contributed by atoms with Gasteiger partial charge in [-0.05, 0) is 102 Å². The zero-order chi connectivity index (χ0) is 30.5. The van der Waals surface area contributed by atoms with E-state index in [2.05, 4.69) is 146 Å². The molecule has 0 aliphatic heterocycles. The second-order valence-corrected chi connectivity index (χ2v) is 11.7. The van der Waals surface area contributed by atoms with E-state index in [0.29, 0.717) is 0 Å². The molecular weight excluding hydrogens is 556 g/mol. The highest BCUT2D eigenvalue weighted by Crippen LogP contribution is 2.50. The lowest BCUT2D eigenvalue weighted by molar-refractivity contribution is 1.33. The van der Waals surface area contributed by atoms with Crippen LogP contribution in [0.25, 0.3) is 87.9 Å². The Bertz CT molecular complexity index is 2360. The van der Waals surface area contributed by atoms with Crippen molar-refractivity contribution in [2.45, 2.75) is 0 Å². The molecule has 7 aromatic carbocycles. The molecule has 0 aliphatic rings. The molecule has 0 atom stereocenters. The minimum Gasteiger partial charge on any atom is -0.256 e. The van der Waals surface area contributed by atoms with Crippen LogP contribution in [0, 0.1) is 0 Å². The molecule has 0 saturated heterocycles. The van der Waals surface area contributed by atoms with Gasteiger partial charge < -0.3 is 0 Å². The van der Waals surface area contributed by atoms with Crippen molar-refractivity contribution in [2.24, 2.45) is 0 Å². The average Bonchev–Trinajstić information content (AvgIpc) is 3.15. The van der Waals surface area contributed by atoms with E-state index < -0.39 is 0 Å². The van der Waals surface area contributed by atoms with E-state index >= 15 is 0 Å². The second-order valence-electron chi connectivity index (χ2n) is 11.7. The Morgan fingerprint density at radius 2 is 0.696 bits per heavy atom. The van der Waals surface area contributed by atoms with Crippen LogP contribution in [0.5, 0.6) is 0 Å². The lowest BCUT2D eigenvalue weighted by Crippen LogP contribution is -1.95. The Labute approximate surface area is 267 Å². The predicted molar refractivity (Wildman–Crippen MR) is 194 cm³/mol. The van der Waals surface area contributed by atoms with E-state index in [-0.39, 0.29) is 0 Å². The van der Waals surface area contributed by atoms with Crippen LogP contribution in [-0.2, 0) is 0 Å². The Kier molecular flexibility index (Phi) is 6.17. The summed E-state index contributed by atoms with van der Waals surface area (Å²) in [5, 5.41) is 9.89. The zero-order valence-corrected chi connectivity index (χ0v) is 25.1. The third kappa shape index (κ3) is 4.19. The van der Waals surface area contributed by atoms with Gasteiger partial charge in [0.1, 0.15) is 0 Å². The van der Waals surface area contributed by atoms with Crippen molar-refractivity contribution in [3.05, 3.63) is 170 Å². The second kappa shape index (κ2) is 10.8. The van der Waals surface area contributed by atoms with Gasteiger partial charge in [-0.3, -0.25) is 9.97 Å². The SMILES string of the molecule is c1ccc(-c2c3ccccc3c(-c3ccccc3)c3c4ccc(-c5ccccn5)cc4c4cc(-c5ccccn5)ccc4c23)cc1. The Morgan fingerprint density at radius 3 is 1.11 bits per heavy atom. The molecule has 2 heterocycles. The molecular formula is C44H28N2. The zero-order valence-electron chi connectivity index (χ0n) is 25.1. The summed E-state index contributed by atoms with van der Waals surface area (Å²) in [4.78, 5) is 9.43. The summed E-state index contributed by atoms with van der Waals surface area (Å²) in [5.74, 6) is 0. The summed E-state index contributed by atoms with van der Waals surface area (Å²) in [7, 11) is 0. The maximum absolute atomic E-state index is 4.71. The monoisotopic (exact) mass is 584 g/mol. The maximum Gasteiger partial charge on any atom is 0.0702 e. The fourth-order valence-electron chi connectivity index (χ4n) is 7.14. The van der Waals surface area contributed by atoms with Crippen LogP contribution >= 0.6 is 0 Å². The molecule has 9 rings (SSSR count). The minimum atomic E-state index is 0.963. The normalized spacial score (nSPS) is 11.5. The quantitative estimate of drug-likeness (QED) is 0.152. The minimum absolute atomic E-state index is 0.963. The fourth-order valence-corrected chi connectivity index (χ4v) is 7.14. The molecule has 0 fully saturated rings. The molecule has 0 spiro atoms. The van der Waals surface area contributed by atoms with E-state index in [1.165, 1.54) is 65.3 Å². The van der Waals surface area contributed by atoms with Gasteiger partial charge in [0.2, 0.25) is 0 Å². The van der Waals surface area contributed by atoms with Crippen molar-refractivity contribution in [1.29, 1.82) is 0 Å². The lowest BCUT2D eigenvalue weighted by atomic mass is 9.81. The van der Waals surface area contributed by atoms with Gasteiger partial charge in [0.25, 0.3) is 0 Å². The first-order chi connectivity index (χ1) is 22.8. The van der Waals surface area contributed by atoms with Gasteiger partial charge in [0, 0.05) is 23.5 Å². The molecule has 2 aromatic heterocycles. The highest BCUT2D eigenvalue weighted by atomic mass is 14.7. The van der Waals surface area contributed by atoms with Crippen LogP contribution in [-0.4, -0.2) is 9.97 Å². The molecule has 2 nitrogen and oxygen atoms in total. The van der Waals surface area contributed by atoms with E-state index in [4.69, 9.17) is 9.97 Å². The van der Waals surface area contributed by atoms with Crippen LogP contribution in [0.1, 0.15) is 0 Å². The Morgan fingerprint density at radius 1 is 0.283 bits per heavy atom. The van der Waals surface area contributed by atoms with Crippen molar-refractivity contribution in [3.8, 4) is 44.8 Å². The first-order valence-corrected chi connectivity index (χ1v) is 15.7. The lowest BCUT2D eigenvalue weighted by Gasteiger charge is -2.22. The van der Waals surface area contributed by atoms with Crippen molar-refractivity contribution >= 4 is 43.1 Å². The Hall–Kier alpha value is -6.12. The number of hydrogen-bond donors (Lipinski definition) is 0. The number of nitrogens with zero attached hydrogens (tertiary/aromatic N) is 2. The third-order valence-electron chi connectivity index (χ3n) is 9.13. The molecule has 0 amide bonds. The first-order valence-electron chi connectivity index (χ1n) is 15.7. The van der Waals surface area contributed by atoms with E-state index in [0.717, 1.165) is 22.5 Å². The molecule has 0 radical (unpaired) electrons. The molecule has 0 bridgehead atoms. The summed E-state index contributed by atoms with van der Waals surface area (Å²) in [6.45, 7) is 0. The van der Waals surface area contributed by atoms with Gasteiger partial charge in [-0.2, -0.15) is 0 Å². The number of aromatic nitrogens is 2. The summed E-state index contributed by atoms with van der Waals surface area (Å²) >= 11 is 0. The van der Waals surface area contributed by atoms with Gasteiger partial charge in [0.05, 0.1) is 11.4 Å². The molecule has 0 N–H and O–H groups in total. The molecule has 0 unspecified atom stereocenters. The number of pyridine rings is 2. The largest absolute Gasteiger partial charge is 0.256 e. The molecule has 0 aliphatic carbocycles. The van der Waals surface area contributed by atoms with E-state index in [9.17, 15) is 0 Å². The van der Waals surface area contributed by atoms with Gasteiger partial charge in [-0.1, -0.05) is 121 Å². The maximum atomic E-state index is 4.71. The third-order valence-corrected chi connectivity index (χ3v) is 9.13. The molecule has 9 aromatic rings. The summed E-state index contributed by atoms with van der Waals surface area (Å²) in [6, 6.07) is 56.6. The van der Waals surface area contributed by atoms with E-state index in [1.54, 1.807) is 0 Å². The van der Waals surface area contributed by atoms with Crippen molar-refractivity contribution in [1.82, 2.24) is 9.97 Å². The Balaban J connectivity index is 1.55. The predicted octanol–water partition coefficient (Wildman–Crippen LogP) is 11.8. The highest BCUT2D eigenvalue weighted by Gasteiger charge is 2.22. The molecule has 46 heavy (non-hydrogen) atoms. The van der Waals surface area contributed by atoms with Crippen molar-refractivity contribution in [3.63, 3.8) is 0 Å².